The molecule has 1 aliphatic rings. The summed E-state index contributed by atoms with van der Waals surface area (Å²) < 4.78 is 0. The normalized spacial score (nSPS) is 18.3. The number of nitrogens with one attached hydrogen (secondary N) is 1. The molecule has 1 aromatic carbocycles. The minimum absolute atomic E-state index is 0.0288. The quantitative estimate of drug-likeness (QED) is 0.751. The van der Waals surface area contributed by atoms with Gasteiger partial charge in [0, 0.05) is 0 Å². The summed E-state index contributed by atoms with van der Waals surface area (Å²) in [6.45, 7) is 0. The Balaban J connectivity index is 2.21. The number of hydrogen-bond acceptors (Lipinski definition) is 3. The summed E-state index contributed by atoms with van der Waals surface area (Å²) in [6, 6.07) is 6.51. The van der Waals surface area contributed by atoms with Crippen LogP contribution >= 0.6 is 12.2 Å². The van der Waals surface area contributed by atoms with Crippen LogP contribution in [0.4, 0.5) is 0 Å². The molecule has 4 nitrogen and oxygen atoms in total. The summed E-state index contributed by atoms with van der Waals surface area (Å²) in [5.41, 5.74) is 5.57. The molecular formula is C16H22N2O2S. The number of benzene rings is 1. The molecule has 5 heteroatoms. The van der Waals surface area contributed by atoms with E-state index in [1.165, 1.54) is 12.5 Å². The number of aromatic hydroxyl groups is 1. The van der Waals surface area contributed by atoms with Gasteiger partial charge in [-0.3, -0.25) is 4.79 Å². The molecule has 1 aromatic rings. The van der Waals surface area contributed by atoms with Crippen LogP contribution in [0.25, 0.3) is 0 Å². The van der Waals surface area contributed by atoms with Crippen molar-refractivity contribution in [1.29, 1.82) is 0 Å². The highest BCUT2D eigenvalue weighted by Crippen LogP contribution is 2.28. The molecule has 1 aliphatic carbocycles. The summed E-state index contributed by atoms with van der Waals surface area (Å²) in [5.74, 6) is -0.347. The summed E-state index contributed by atoms with van der Waals surface area (Å²) in [7, 11) is 0. The zero-order valence-electron chi connectivity index (χ0n) is 12.1. The second-order valence-corrected chi connectivity index (χ2v) is 6.13. The first-order valence-corrected chi connectivity index (χ1v) is 7.86. The average molecular weight is 306 g/mol. The van der Waals surface area contributed by atoms with Gasteiger partial charge in [-0.1, -0.05) is 56.5 Å². The highest BCUT2D eigenvalue weighted by molar-refractivity contribution is 7.80. The van der Waals surface area contributed by atoms with Gasteiger partial charge in [-0.25, -0.2) is 0 Å². The number of thiocarbonyl (C=S) groups is 1. The number of phenolic OH excluding ortho intramolecular Hbond substituents is 1. The standard InChI is InChI=1S/C16H22N2O2S/c17-15(21)16(10-6-2-1-3-7-11-16)18-14(20)12-8-4-5-9-13(12)19/h4-5,8-9,19H,1-3,6-7,10-11H2,(H2,17,21)(H,18,20). The molecule has 0 aromatic heterocycles. The maximum absolute atomic E-state index is 12.5. The molecule has 1 saturated carbocycles. The van der Waals surface area contributed by atoms with Gasteiger partial charge >= 0.3 is 0 Å². The lowest BCUT2D eigenvalue weighted by atomic mass is 9.83. The lowest BCUT2D eigenvalue weighted by molar-refractivity contribution is 0.0910. The van der Waals surface area contributed by atoms with Gasteiger partial charge in [-0.05, 0) is 25.0 Å². The van der Waals surface area contributed by atoms with E-state index in [1.54, 1.807) is 18.2 Å². The smallest absolute Gasteiger partial charge is 0.255 e. The van der Waals surface area contributed by atoms with E-state index in [-0.39, 0.29) is 17.2 Å². The van der Waals surface area contributed by atoms with E-state index in [0.29, 0.717) is 4.99 Å². The molecule has 0 heterocycles. The highest BCUT2D eigenvalue weighted by atomic mass is 32.1. The number of phenols is 1. The topological polar surface area (TPSA) is 75.3 Å². The Labute approximate surface area is 130 Å². The molecule has 0 spiro atoms. The van der Waals surface area contributed by atoms with Gasteiger partial charge in [-0.15, -0.1) is 0 Å². The Morgan fingerprint density at radius 1 is 1.14 bits per heavy atom. The summed E-state index contributed by atoms with van der Waals surface area (Å²) >= 11 is 5.23. The first-order chi connectivity index (χ1) is 10.1. The molecule has 2 rings (SSSR count). The molecule has 1 amide bonds. The maximum atomic E-state index is 12.5. The Morgan fingerprint density at radius 3 is 2.29 bits per heavy atom. The first kappa shape index (κ1) is 15.8. The molecule has 0 radical (unpaired) electrons. The molecule has 0 bridgehead atoms. The predicted molar refractivity (Wildman–Crippen MR) is 87.4 cm³/mol. The zero-order chi connectivity index (χ0) is 15.3. The fourth-order valence-electron chi connectivity index (χ4n) is 2.89. The van der Waals surface area contributed by atoms with E-state index in [0.717, 1.165) is 38.5 Å². The molecule has 0 unspecified atom stereocenters. The van der Waals surface area contributed by atoms with Crippen molar-refractivity contribution in [2.45, 2.75) is 50.5 Å². The van der Waals surface area contributed by atoms with E-state index in [1.807, 2.05) is 0 Å². The molecule has 4 N–H and O–H groups in total. The number of hydrogen-bond donors (Lipinski definition) is 3. The van der Waals surface area contributed by atoms with Crippen LogP contribution in [-0.2, 0) is 0 Å². The Morgan fingerprint density at radius 2 is 1.71 bits per heavy atom. The van der Waals surface area contributed by atoms with Crippen molar-refractivity contribution in [3.63, 3.8) is 0 Å². The van der Waals surface area contributed by atoms with E-state index >= 15 is 0 Å². The lowest BCUT2D eigenvalue weighted by Crippen LogP contribution is -2.57. The molecule has 21 heavy (non-hydrogen) atoms. The highest BCUT2D eigenvalue weighted by Gasteiger charge is 2.35. The largest absolute Gasteiger partial charge is 0.507 e. The van der Waals surface area contributed by atoms with Crippen molar-refractivity contribution in [1.82, 2.24) is 5.32 Å². The summed E-state index contributed by atoms with van der Waals surface area (Å²) in [5, 5.41) is 12.8. The van der Waals surface area contributed by atoms with Crippen molar-refractivity contribution in [2.75, 3.05) is 0 Å². The number of rotatable bonds is 3. The second kappa shape index (κ2) is 6.89. The van der Waals surface area contributed by atoms with E-state index in [4.69, 9.17) is 18.0 Å². The van der Waals surface area contributed by atoms with Crippen molar-refractivity contribution in [3.8, 4) is 5.75 Å². The number of amides is 1. The third-order valence-corrected chi connectivity index (χ3v) is 4.57. The third kappa shape index (κ3) is 3.73. The van der Waals surface area contributed by atoms with Crippen LogP contribution in [0.5, 0.6) is 5.75 Å². The van der Waals surface area contributed by atoms with Crippen molar-refractivity contribution in [3.05, 3.63) is 29.8 Å². The minimum Gasteiger partial charge on any atom is -0.507 e. The van der Waals surface area contributed by atoms with Gasteiger partial charge in [0.1, 0.15) is 5.75 Å². The predicted octanol–water partition coefficient (Wildman–Crippen LogP) is 2.89. The maximum Gasteiger partial charge on any atom is 0.255 e. The van der Waals surface area contributed by atoms with Gasteiger partial charge in [0.05, 0.1) is 16.1 Å². The van der Waals surface area contributed by atoms with Gasteiger partial charge in [0.15, 0.2) is 0 Å². The number of carbonyl (C=O) groups is 1. The second-order valence-electron chi connectivity index (χ2n) is 5.69. The van der Waals surface area contributed by atoms with Crippen molar-refractivity contribution in [2.24, 2.45) is 5.73 Å². The summed E-state index contributed by atoms with van der Waals surface area (Å²) in [6.07, 6.45) is 7.02. The SMILES string of the molecule is NC(=S)C1(NC(=O)c2ccccc2O)CCCCCCC1. The van der Waals surface area contributed by atoms with Gasteiger partial charge in [-0.2, -0.15) is 0 Å². The third-order valence-electron chi connectivity index (χ3n) is 4.18. The Bertz CT molecular complexity index is 523. The minimum atomic E-state index is -0.630. The molecule has 114 valence electrons. The number of carbonyl (C=O) groups excluding carboxylic acids is 1. The fourth-order valence-corrected chi connectivity index (χ4v) is 3.15. The average Bonchev–Trinajstić information content (AvgIpc) is 2.42. The van der Waals surface area contributed by atoms with Gasteiger partial charge in [0.25, 0.3) is 5.91 Å². The molecule has 0 atom stereocenters. The molecule has 0 saturated heterocycles. The number of nitrogens with two attached hydrogens (primary N) is 1. The lowest BCUT2D eigenvalue weighted by Gasteiger charge is -2.35. The number of para-hydroxylation sites is 1. The van der Waals surface area contributed by atoms with Crippen molar-refractivity contribution >= 4 is 23.1 Å². The van der Waals surface area contributed by atoms with Gasteiger partial charge < -0.3 is 16.2 Å². The summed E-state index contributed by atoms with van der Waals surface area (Å²) in [4.78, 5) is 12.8. The van der Waals surface area contributed by atoms with E-state index < -0.39 is 5.54 Å². The molecule has 1 fully saturated rings. The van der Waals surface area contributed by atoms with E-state index in [9.17, 15) is 9.90 Å². The van der Waals surface area contributed by atoms with Crippen LogP contribution in [0, 0.1) is 0 Å². The Hall–Kier alpha value is -1.62. The van der Waals surface area contributed by atoms with Crippen LogP contribution in [0.2, 0.25) is 0 Å². The monoisotopic (exact) mass is 306 g/mol. The van der Waals surface area contributed by atoms with Crippen LogP contribution in [-0.4, -0.2) is 21.5 Å². The van der Waals surface area contributed by atoms with Crippen LogP contribution < -0.4 is 11.1 Å². The molecular weight excluding hydrogens is 284 g/mol. The van der Waals surface area contributed by atoms with Crippen LogP contribution in [0.1, 0.15) is 55.3 Å². The Kier molecular flexibility index (Phi) is 5.17. The molecule has 0 aliphatic heterocycles. The first-order valence-electron chi connectivity index (χ1n) is 7.45. The van der Waals surface area contributed by atoms with Gasteiger partial charge in [0.2, 0.25) is 0 Å². The van der Waals surface area contributed by atoms with E-state index in [2.05, 4.69) is 5.32 Å². The zero-order valence-corrected chi connectivity index (χ0v) is 12.9. The van der Waals surface area contributed by atoms with Crippen LogP contribution in [0.3, 0.4) is 0 Å². The van der Waals surface area contributed by atoms with Crippen molar-refractivity contribution < 1.29 is 9.90 Å². The van der Waals surface area contributed by atoms with Crippen LogP contribution in [0.15, 0.2) is 24.3 Å². The fraction of sp³-hybridized carbons (Fsp3) is 0.500.